The van der Waals surface area contributed by atoms with Crippen molar-refractivity contribution in [3.63, 3.8) is 0 Å². The van der Waals surface area contributed by atoms with E-state index in [1.54, 1.807) is 17.9 Å². The van der Waals surface area contributed by atoms with E-state index in [9.17, 15) is 23.2 Å². The number of carbonyl (C=O) groups is 3. The van der Waals surface area contributed by atoms with E-state index in [0.29, 0.717) is 12.1 Å². The molecule has 5 N–H and O–H groups in total. The fourth-order valence-electron chi connectivity index (χ4n) is 3.99. The molecule has 2 aliphatic rings. The number of hydroxylamine groups is 2. The maximum absolute atomic E-state index is 15.3. The summed E-state index contributed by atoms with van der Waals surface area (Å²) in [4.78, 5) is 44.2. The Morgan fingerprint density at radius 1 is 1.29 bits per heavy atom. The van der Waals surface area contributed by atoms with Crippen LogP contribution >= 0.6 is 0 Å². The highest BCUT2D eigenvalue weighted by atomic mass is 19.3. The molecular weight excluding hydrogens is 513 g/mol. The molecule has 0 bridgehead atoms. The van der Waals surface area contributed by atoms with E-state index in [4.69, 9.17) is 20.8 Å². The molecule has 3 amide bonds. The predicted octanol–water partition coefficient (Wildman–Crippen LogP) is -0.0253. The van der Waals surface area contributed by atoms with Crippen molar-refractivity contribution < 1.29 is 37.1 Å². The minimum absolute atomic E-state index is 0.0539. The van der Waals surface area contributed by atoms with E-state index in [0.717, 1.165) is 11.1 Å². The number of halogens is 3. The molecule has 2 saturated heterocycles. The second-order valence-corrected chi connectivity index (χ2v) is 8.44. The van der Waals surface area contributed by atoms with Gasteiger partial charge in [0.05, 0.1) is 49.9 Å². The molecule has 1 atom stereocenters. The van der Waals surface area contributed by atoms with Gasteiger partial charge in [0.25, 0.3) is 11.8 Å². The van der Waals surface area contributed by atoms with Crippen molar-refractivity contribution in [2.45, 2.75) is 19.5 Å². The van der Waals surface area contributed by atoms with Crippen LogP contribution in [0.4, 0.5) is 29.3 Å². The van der Waals surface area contributed by atoms with Gasteiger partial charge in [-0.25, -0.2) is 14.2 Å². The van der Waals surface area contributed by atoms with Gasteiger partial charge in [0.2, 0.25) is 0 Å². The quantitative estimate of drug-likeness (QED) is 0.182. The van der Waals surface area contributed by atoms with Crippen molar-refractivity contribution in [2.75, 3.05) is 62.2 Å². The second kappa shape index (κ2) is 13.0. The van der Waals surface area contributed by atoms with E-state index >= 15 is 4.39 Å². The molecule has 0 aromatic heterocycles. The van der Waals surface area contributed by atoms with Crippen LogP contribution in [0, 0.1) is 18.2 Å². The lowest BCUT2D eigenvalue weighted by atomic mass is 10.1. The van der Waals surface area contributed by atoms with Gasteiger partial charge in [-0.2, -0.15) is 13.9 Å². The van der Waals surface area contributed by atoms with Crippen molar-refractivity contribution in [3.8, 4) is 0 Å². The number of nitrogens with one attached hydrogen (secondary N) is 3. The molecule has 0 aliphatic carbocycles. The van der Waals surface area contributed by atoms with Gasteiger partial charge in [0.1, 0.15) is 11.9 Å². The van der Waals surface area contributed by atoms with Gasteiger partial charge < -0.3 is 31.5 Å². The van der Waals surface area contributed by atoms with Gasteiger partial charge in [0, 0.05) is 25.8 Å². The molecular formula is C22H29F3N8O5. The molecule has 0 spiro atoms. The van der Waals surface area contributed by atoms with E-state index in [2.05, 4.69) is 10.4 Å². The van der Waals surface area contributed by atoms with Crippen LogP contribution in [0.3, 0.4) is 0 Å². The molecule has 208 valence electrons. The Bertz CT molecular complexity index is 1070. The zero-order chi connectivity index (χ0) is 27.8. The number of cyclic esters (lactones) is 1. The largest absolute Gasteiger partial charge is 0.442 e. The Labute approximate surface area is 216 Å². The number of hydrogen-bond acceptors (Lipinski definition) is 10. The van der Waals surface area contributed by atoms with Crippen LogP contribution in [-0.4, -0.2) is 99.8 Å². The fraction of sp³-hybridized carbons (Fsp3) is 0.500. The summed E-state index contributed by atoms with van der Waals surface area (Å²) in [6, 6.07) is 2.76. The minimum atomic E-state index is -3.18. The van der Waals surface area contributed by atoms with Crippen molar-refractivity contribution in [1.29, 1.82) is 5.41 Å². The number of alkyl halides is 2. The Balaban J connectivity index is 1.60. The van der Waals surface area contributed by atoms with Crippen LogP contribution < -0.4 is 26.3 Å². The van der Waals surface area contributed by atoms with Crippen LogP contribution in [0.15, 0.2) is 17.2 Å². The smallest absolute Gasteiger partial charge is 0.414 e. The molecule has 1 aromatic carbocycles. The lowest BCUT2D eigenvalue weighted by molar-refractivity contribution is -0.180. The highest BCUT2D eigenvalue weighted by Gasteiger charge is 2.34. The molecule has 3 rings (SSSR count). The van der Waals surface area contributed by atoms with Gasteiger partial charge in [-0.15, -0.1) is 0 Å². The number of carbonyl (C=O) groups excluding carboxylic acids is 3. The molecule has 0 saturated carbocycles. The lowest BCUT2D eigenvalue weighted by Crippen LogP contribution is -2.41. The Hall–Kier alpha value is -3.92. The summed E-state index contributed by atoms with van der Waals surface area (Å²) in [5.74, 6) is 2.69. The van der Waals surface area contributed by atoms with Crippen LogP contribution in [-0.2, 0) is 19.2 Å². The van der Waals surface area contributed by atoms with Gasteiger partial charge in [0.15, 0.2) is 0 Å². The number of nitrogens with zero attached hydrogens (tertiary/aromatic N) is 4. The van der Waals surface area contributed by atoms with E-state index < -0.39 is 30.3 Å². The first-order chi connectivity index (χ1) is 18.1. The summed E-state index contributed by atoms with van der Waals surface area (Å²) in [7, 11) is 0. The number of hydrazone groups is 1. The maximum Gasteiger partial charge on any atom is 0.414 e. The summed E-state index contributed by atoms with van der Waals surface area (Å²) in [6.45, 7) is 2.23. The second-order valence-electron chi connectivity index (χ2n) is 8.44. The molecule has 0 unspecified atom stereocenters. The van der Waals surface area contributed by atoms with Crippen molar-refractivity contribution in [3.05, 3.63) is 23.5 Å². The number of rotatable bonds is 10. The summed E-state index contributed by atoms with van der Waals surface area (Å²) in [6.07, 6.45) is -3.87. The van der Waals surface area contributed by atoms with Crippen molar-refractivity contribution >= 4 is 41.2 Å². The predicted molar refractivity (Wildman–Crippen MR) is 131 cm³/mol. The zero-order valence-corrected chi connectivity index (χ0v) is 20.6. The van der Waals surface area contributed by atoms with Crippen LogP contribution in [0.25, 0.3) is 0 Å². The number of benzene rings is 1. The summed E-state index contributed by atoms with van der Waals surface area (Å²) >= 11 is 0. The summed E-state index contributed by atoms with van der Waals surface area (Å²) in [5, 5.41) is 16.5. The van der Waals surface area contributed by atoms with Gasteiger partial charge in [-0.3, -0.25) is 19.3 Å². The van der Waals surface area contributed by atoms with Gasteiger partial charge >= 0.3 is 12.5 Å². The van der Waals surface area contributed by atoms with Crippen LogP contribution in [0.1, 0.15) is 5.56 Å². The molecule has 38 heavy (non-hydrogen) atoms. The SMILES string of the molecule is Cc1cc(N2C[C@H](CNC(=O)C(F)F)OC2=O)cc(F)c1N1CCON(C(=O)CNCC(C=N)=NN)CC1. The first-order valence-corrected chi connectivity index (χ1v) is 11.6. The Kier molecular flexibility index (Phi) is 9.84. The molecule has 16 heteroatoms. The zero-order valence-electron chi connectivity index (χ0n) is 20.6. The first kappa shape index (κ1) is 28.6. The number of hydrogen-bond donors (Lipinski definition) is 4. The van der Waals surface area contributed by atoms with Gasteiger partial charge in [-0.05, 0) is 24.6 Å². The molecule has 2 aliphatic heterocycles. The Morgan fingerprint density at radius 3 is 2.71 bits per heavy atom. The van der Waals surface area contributed by atoms with E-state index in [1.807, 2.05) is 5.32 Å². The van der Waals surface area contributed by atoms with E-state index in [-0.39, 0.29) is 68.9 Å². The third-order valence-electron chi connectivity index (χ3n) is 5.82. The van der Waals surface area contributed by atoms with Crippen LogP contribution in [0.5, 0.6) is 0 Å². The number of amides is 3. The highest BCUT2D eigenvalue weighted by Crippen LogP contribution is 2.32. The maximum atomic E-state index is 15.3. The Morgan fingerprint density at radius 2 is 2.05 bits per heavy atom. The van der Waals surface area contributed by atoms with E-state index in [1.165, 1.54) is 11.1 Å². The third-order valence-corrected chi connectivity index (χ3v) is 5.82. The topological polar surface area (TPSA) is 166 Å². The lowest BCUT2D eigenvalue weighted by Gasteiger charge is -2.26. The number of nitrogens with two attached hydrogens (primary N) is 1. The normalized spacial score (nSPS) is 18.4. The standard InChI is InChI=1S/C22H29F3N8O5/c1-13-6-15(32-12-16(38-22(32)36)10-29-21(35)20(24)25)7-17(23)19(13)31-2-3-33(37-5-4-31)18(34)11-28-9-14(8-26)30-27/h6-8,16,20,26,28H,2-5,9-12,27H2,1H3,(H,29,35)/t16-/m0/s1. The number of ether oxygens (including phenoxy) is 1. The molecule has 1 aromatic rings. The summed E-state index contributed by atoms with van der Waals surface area (Å²) in [5.41, 5.74) is 1.29. The molecule has 2 fully saturated rings. The van der Waals surface area contributed by atoms with Crippen molar-refractivity contribution in [2.24, 2.45) is 10.9 Å². The minimum Gasteiger partial charge on any atom is -0.442 e. The average Bonchev–Trinajstić information content (AvgIpc) is 3.08. The summed E-state index contributed by atoms with van der Waals surface area (Å²) < 4.78 is 45.1. The molecule has 13 nitrogen and oxygen atoms in total. The average molecular weight is 543 g/mol. The van der Waals surface area contributed by atoms with Gasteiger partial charge in [-0.1, -0.05) is 0 Å². The molecule has 0 radical (unpaired) electrons. The highest BCUT2D eigenvalue weighted by molar-refractivity contribution is 6.30. The fourth-order valence-corrected chi connectivity index (χ4v) is 3.99. The van der Waals surface area contributed by atoms with Crippen molar-refractivity contribution in [1.82, 2.24) is 15.7 Å². The molecule has 2 heterocycles. The monoisotopic (exact) mass is 542 g/mol. The third kappa shape index (κ3) is 7.10. The first-order valence-electron chi connectivity index (χ1n) is 11.6. The number of aryl methyl sites for hydroxylation is 1. The van der Waals surface area contributed by atoms with Crippen LogP contribution in [0.2, 0.25) is 0 Å². The number of anilines is 2.